The van der Waals surface area contributed by atoms with Gasteiger partial charge in [0.25, 0.3) is 5.91 Å². The van der Waals surface area contributed by atoms with Crippen LogP contribution in [-0.2, 0) is 4.79 Å². The van der Waals surface area contributed by atoms with Gasteiger partial charge in [-0.2, -0.15) is 0 Å². The van der Waals surface area contributed by atoms with Crippen molar-refractivity contribution in [2.75, 3.05) is 5.32 Å². The molecule has 1 amide bonds. The molecule has 0 bridgehead atoms. The molecule has 1 heterocycles. The highest BCUT2D eigenvalue weighted by Crippen LogP contribution is 2.24. The number of carbonyl (C=O) groups is 1. The topological polar surface area (TPSA) is 57.8 Å². The number of fused-ring (bicyclic) bond motifs is 1. The number of nitrogens with one attached hydrogen (secondary N) is 2. The lowest BCUT2D eigenvalue weighted by Gasteiger charge is -2.08. The highest BCUT2D eigenvalue weighted by atomic mass is 19.1. The number of allylic oxidation sites excluding steroid dienone is 2. The van der Waals surface area contributed by atoms with Crippen LogP contribution in [0.2, 0.25) is 0 Å². The Labute approximate surface area is 144 Å². The minimum atomic E-state index is -0.306. The summed E-state index contributed by atoms with van der Waals surface area (Å²) in [5.41, 5.74) is 3.58. The molecule has 0 radical (unpaired) electrons. The molecule has 1 aliphatic rings. The fourth-order valence-electron chi connectivity index (χ4n) is 2.84. The van der Waals surface area contributed by atoms with E-state index < -0.39 is 0 Å². The summed E-state index contributed by atoms with van der Waals surface area (Å²) >= 11 is 0. The number of hydrogen-bond acceptors (Lipinski definition) is 2. The fourth-order valence-corrected chi connectivity index (χ4v) is 2.84. The number of nitrogens with zero attached hydrogens (tertiary/aromatic N) is 1. The molecule has 2 N–H and O–H groups in total. The van der Waals surface area contributed by atoms with E-state index in [0.717, 1.165) is 23.9 Å². The molecule has 2 aromatic carbocycles. The molecule has 4 rings (SSSR count). The Balaban J connectivity index is 1.61. The lowest BCUT2D eigenvalue weighted by atomic mass is 10.1. The fraction of sp³-hybridized carbons (Fsp3) is 0.100. The molecule has 0 unspecified atom stereocenters. The largest absolute Gasteiger partial charge is 0.338 e. The van der Waals surface area contributed by atoms with Gasteiger partial charge in [-0.1, -0.05) is 30.4 Å². The number of aromatic amines is 1. The Bertz CT molecular complexity index is 1020. The third-order valence-electron chi connectivity index (χ3n) is 4.09. The van der Waals surface area contributed by atoms with E-state index in [-0.39, 0.29) is 11.7 Å². The Kier molecular flexibility index (Phi) is 3.90. The average molecular weight is 333 g/mol. The second kappa shape index (κ2) is 6.36. The Morgan fingerprint density at radius 3 is 2.88 bits per heavy atom. The first-order valence-electron chi connectivity index (χ1n) is 8.13. The monoisotopic (exact) mass is 333 g/mol. The molecule has 5 heteroatoms. The molecule has 0 saturated heterocycles. The number of carbonyl (C=O) groups excluding carboxylic acids is 1. The SMILES string of the molecule is O=C(Nc1ccc2nc(-c3cccc(F)c3)[nH]c2c1)C1=CCCC=C1. The standard InChI is InChI=1S/C20H16FN3O/c21-15-8-4-7-14(11-15)19-23-17-10-9-16(12-18(17)24-19)22-20(25)13-5-2-1-3-6-13/h2,4-12H,1,3H2,(H,22,25)(H,23,24). The van der Waals surface area contributed by atoms with Gasteiger partial charge in [0.15, 0.2) is 0 Å². The summed E-state index contributed by atoms with van der Waals surface area (Å²) in [6, 6.07) is 11.7. The van der Waals surface area contributed by atoms with Crippen molar-refractivity contribution in [1.29, 1.82) is 0 Å². The first kappa shape index (κ1) is 15.3. The van der Waals surface area contributed by atoms with Crippen LogP contribution in [0.1, 0.15) is 12.8 Å². The first-order chi connectivity index (χ1) is 12.2. The minimum Gasteiger partial charge on any atom is -0.338 e. The number of hydrogen-bond donors (Lipinski definition) is 2. The van der Waals surface area contributed by atoms with Crippen LogP contribution in [0.15, 0.2) is 66.3 Å². The Morgan fingerprint density at radius 2 is 2.08 bits per heavy atom. The summed E-state index contributed by atoms with van der Waals surface area (Å²) in [6.45, 7) is 0. The zero-order chi connectivity index (χ0) is 17.2. The summed E-state index contributed by atoms with van der Waals surface area (Å²) in [5, 5.41) is 2.90. The summed E-state index contributed by atoms with van der Waals surface area (Å²) in [4.78, 5) is 19.9. The number of halogens is 1. The molecule has 0 atom stereocenters. The zero-order valence-electron chi connectivity index (χ0n) is 13.4. The number of anilines is 1. The van der Waals surface area contributed by atoms with Crippen molar-refractivity contribution in [2.24, 2.45) is 0 Å². The van der Waals surface area contributed by atoms with Crippen LogP contribution in [-0.4, -0.2) is 15.9 Å². The van der Waals surface area contributed by atoms with Crippen LogP contribution < -0.4 is 5.32 Å². The third kappa shape index (κ3) is 3.21. The van der Waals surface area contributed by atoms with Crippen molar-refractivity contribution in [2.45, 2.75) is 12.8 Å². The molecule has 3 aromatic rings. The van der Waals surface area contributed by atoms with Gasteiger partial charge in [-0.3, -0.25) is 4.79 Å². The number of H-pyrrole nitrogens is 1. The summed E-state index contributed by atoms with van der Waals surface area (Å²) < 4.78 is 13.4. The maximum Gasteiger partial charge on any atom is 0.255 e. The molecule has 0 saturated carbocycles. The van der Waals surface area contributed by atoms with E-state index in [2.05, 4.69) is 15.3 Å². The van der Waals surface area contributed by atoms with E-state index in [0.29, 0.717) is 22.6 Å². The average Bonchev–Trinajstić information content (AvgIpc) is 3.06. The molecular formula is C20H16FN3O. The highest BCUT2D eigenvalue weighted by Gasteiger charge is 2.11. The molecule has 124 valence electrons. The van der Waals surface area contributed by atoms with Crippen LogP contribution in [0, 0.1) is 5.82 Å². The first-order valence-corrected chi connectivity index (χ1v) is 8.13. The van der Waals surface area contributed by atoms with Crippen molar-refractivity contribution >= 4 is 22.6 Å². The summed E-state index contributed by atoms with van der Waals surface area (Å²) in [5.74, 6) is 0.163. The molecule has 0 fully saturated rings. The van der Waals surface area contributed by atoms with Crippen LogP contribution >= 0.6 is 0 Å². The summed E-state index contributed by atoms with van der Waals surface area (Å²) in [7, 11) is 0. The van der Waals surface area contributed by atoms with Crippen molar-refractivity contribution in [3.05, 3.63) is 72.1 Å². The van der Waals surface area contributed by atoms with Crippen molar-refractivity contribution in [3.63, 3.8) is 0 Å². The van der Waals surface area contributed by atoms with E-state index in [1.54, 1.807) is 12.1 Å². The molecule has 25 heavy (non-hydrogen) atoms. The van der Waals surface area contributed by atoms with Gasteiger partial charge in [-0.05, 0) is 43.2 Å². The Morgan fingerprint density at radius 1 is 1.16 bits per heavy atom. The number of rotatable bonds is 3. The van der Waals surface area contributed by atoms with Gasteiger partial charge in [-0.25, -0.2) is 9.37 Å². The second-order valence-electron chi connectivity index (χ2n) is 5.92. The second-order valence-corrected chi connectivity index (χ2v) is 5.92. The normalized spacial score (nSPS) is 13.7. The molecule has 0 spiro atoms. The van der Waals surface area contributed by atoms with E-state index in [1.807, 2.05) is 36.4 Å². The molecular weight excluding hydrogens is 317 g/mol. The lowest BCUT2D eigenvalue weighted by molar-refractivity contribution is -0.112. The van der Waals surface area contributed by atoms with E-state index in [1.165, 1.54) is 12.1 Å². The van der Waals surface area contributed by atoms with Gasteiger partial charge in [0.05, 0.1) is 11.0 Å². The minimum absolute atomic E-state index is 0.125. The van der Waals surface area contributed by atoms with Gasteiger partial charge in [0.1, 0.15) is 11.6 Å². The third-order valence-corrected chi connectivity index (χ3v) is 4.09. The smallest absolute Gasteiger partial charge is 0.255 e. The lowest BCUT2D eigenvalue weighted by Crippen LogP contribution is -2.14. The van der Waals surface area contributed by atoms with Crippen LogP contribution in [0.5, 0.6) is 0 Å². The maximum atomic E-state index is 13.4. The molecule has 1 aliphatic carbocycles. The quantitative estimate of drug-likeness (QED) is 0.737. The van der Waals surface area contributed by atoms with Crippen LogP contribution in [0.4, 0.5) is 10.1 Å². The van der Waals surface area contributed by atoms with Gasteiger partial charge < -0.3 is 10.3 Å². The van der Waals surface area contributed by atoms with E-state index >= 15 is 0 Å². The molecule has 0 aliphatic heterocycles. The van der Waals surface area contributed by atoms with Gasteiger partial charge in [-0.15, -0.1) is 0 Å². The molecule has 1 aromatic heterocycles. The predicted octanol–water partition coefficient (Wildman–Crippen LogP) is 4.58. The van der Waals surface area contributed by atoms with Crippen molar-refractivity contribution in [3.8, 4) is 11.4 Å². The number of aromatic nitrogens is 2. The molecule has 4 nitrogen and oxygen atoms in total. The number of benzene rings is 2. The number of amides is 1. The maximum absolute atomic E-state index is 13.4. The van der Waals surface area contributed by atoms with Crippen molar-refractivity contribution < 1.29 is 9.18 Å². The Hall–Kier alpha value is -3.21. The van der Waals surface area contributed by atoms with Gasteiger partial charge in [0.2, 0.25) is 0 Å². The van der Waals surface area contributed by atoms with E-state index in [4.69, 9.17) is 0 Å². The predicted molar refractivity (Wildman–Crippen MR) is 96.6 cm³/mol. The van der Waals surface area contributed by atoms with Crippen LogP contribution in [0.3, 0.4) is 0 Å². The van der Waals surface area contributed by atoms with Gasteiger partial charge >= 0.3 is 0 Å². The highest BCUT2D eigenvalue weighted by molar-refractivity contribution is 6.06. The summed E-state index contributed by atoms with van der Waals surface area (Å²) in [6.07, 6.45) is 7.63. The van der Waals surface area contributed by atoms with Crippen LogP contribution in [0.25, 0.3) is 22.4 Å². The van der Waals surface area contributed by atoms with E-state index in [9.17, 15) is 9.18 Å². The number of imidazole rings is 1. The van der Waals surface area contributed by atoms with Crippen molar-refractivity contribution in [1.82, 2.24) is 9.97 Å². The van der Waals surface area contributed by atoms with Gasteiger partial charge in [0, 0.05) is 16.8 Å². The zero-order valence-corrected chi connectivity index (χ0v) is 13.4.